The molecular weight excluding hydrogens is 455 g/mol. The van der Waals surface area contributed by atoms with E-state index in [1.807, 2.05) is 0 Å². The molecule has 0 spiro atoms. The molecule has 0 aliphatic rings. The highest BCUT2D eigenvalue weighted by molar-refractivity contribution is 6.20. The summed E-state index contributed by atoms with van der Waals surface area (Å²) in [4.78, 5) is 24.9. The van der Waals surface area contributed by atoms with Crippen molar-refractivity contribution < 1.29 is 28.9 Å². The second-order valence-electron chi connectivity index (χ2n) is 7.53. The van der Waals surface area contributed by atoms with Gasteiger partial charge >= 0.3 is 11.9 Å². The molecule has 0 bridgehead atoms. The number of hydrogen-bond acceptors (Lipinski definition) is 5. The van der Waals surface area contributed by atoms with Crippen LogP contribution in [0.1, 0.15) is 105 Å². The minimum atomic E-state index is -1.19. The number of unbranched alkanes of at least 4 members (excludes halogenated alkanes) is 4. The second kappa shape index (κ2) is 15.2. The van der Waals surface area contributed by atoms with Gasteiger partial charge in [0.2, 0.25) is 0 Å². The first-order valence-corrected chi connectivity index (χ1v) is 12.4. The van der Waals surface area contributed by atoms with Crippen molar-refractivity contribution in [2.24, 2.45) is 0 Å². The summed E-state index contributed by atoms with van der Waals surface area (Å²) >= 11 is 12.7. The lowest BCUT2D eigenvalue weighted by atomic mass is 9.98. The molecule has 0 saturated carbocycles. The molecule has 0 aliphatic heterocycles. The van der Waals surface area contributed by atoms with Crippen molar-refractivity contribution >= 4 is 35.1 Å². The quantitative estimate of drug-likeness (QED) is 0.150. The molecule has 0 saturated heterocycles. The third-order valence-corrected chi connectivity index (χ3v) is 5.59. The summed E-state index contributed by atoms with van der Waals surface area (Å²) in [7, 11) is 0. The molecule has 1 aromatic rings. The van der Waals surface area contributed by atoms with Gasteiger partial charge in [-0.3, -0.25) is 0 Å². The molecule has 0 aromatic heterocycles. The molecule has 0 heterocycles. The van der Waals surface area contributed by atoms with Crippen molar-refractivity contribution in [2.75, 3.05) is 6.61 Å². The van der Waals surface area contributed by atoms with E-state index in [0.717, 1.165) is 38.5 Å². The maximum atomic E-state index is 12.7. The largest absolute Gasteiger partial charge is 0.478 e. The maximum absolute atomic E-state index is 12.7. The first-order chi connectivity index (χ1) is 15.3. The summed E-state index contributed by atoms with van der Waals surface area (Å²) in [5.74, 6) is -1.66. The Morgan fingerprint density at radius 3 is 1.97 bits per heavy atom. The van der Waals surface area contributed by atoms with Gasteiger partial charge in [0.25, 0.3) is 0 Å². The molecular formula is C24H36Cl2O6. The molecule has 182 valence electrons. The number of carboxylic acid groups (broad SMARTS) is 1. The zero-order chi connectivity index (χ0) is 24.1. The van der Waals surface area contributed by atoms with E-state index in [-0.39, 0.29) is 29.2 Å². The highest BCUT2D eigenvalue weighted by atomic mass is 35.5. The molecule has 1 aromatic carbocycles. The van der Waals surface area contributed by atoms with Gasteiger partial charge in [-0.15, -0.1) is 0 Å². The molecule has 8 heteroatoms. The number of benzene rings is 1. The summed E-state index contributed by atoms with van der Waals surface area (Å²) in [6.45, 7) is 7.80. The molecule has 2 unspecified atom stereocenters. The Morgan fingerprint density at radius 2 is 1.50 bits per heavy atom. The fraction of sp³-hybridized carbons (Fsp3) is 0.667. The Hall–Kier alpha value is -1.66. The fourth-order valence-electron chi connectivity index (χ4n) is 3.35. The average Bonchev–Trinajstić information content (AvgIpc) is 2.74. The van der Waals surface area contributed by atoms with Crippen molar-refractivity contribution in [3.05, 3.63) is 22.8 Å². The minimum absolute atomic E-state index is 0.0263. The molecule has 1 N–H and O–H groups in total. The van der Waals surface area contributed by atoms with Crippen LogP contribution in [-0.4, -0.2) is 34.8 Å². The Kier molecular flexibility index (Phi) is 13.5. The van der Waals surface area contributed by atoms with Gasteiger partial charge in [0.15, 0.2) is 11.1 Å². The third-order valence-electron chi connectivity index (χ3n) is 4.97. The summed E-state index contributed by atoms with van der Waals surface area (Å²) in [6, 6.07) is 1.35. The lowest BCUT2D eigenvalue weighted by Crippen LogP contribution is -2.19. The van der Waals surface area contributed by atoms with Crippen LogP contribution in [0.2, 0.25) is 0 Å². The van der Waals surface area contributed by atoms with E-state index in [0.29, 0.717) is 24.8 Å². The van der Waals surface area contributed by atoms with Gasteiger partial charge in [0.05, 0.1) is 6.61 Å². The molecule has 6 nitrogen and oxygen atoms in total. The van der Waals surface area contributed by atoms with Gasteiger partial charge in [-0.25, -0.2) is 9.59 Å². The molecule has 0 amide bonds. The zero-order valence-electron chi connectivity index (χ0n) is 19.5. The van der Waals surface area contributed by atoms with Crippen molar-refractivity contribution in [3.63, 3.8) is 0 Å². The normalized spacial score (nSPS) is 12.8. The lowest BCUT2D eigenvalue weighted by molar-refractivity contribution is 0.0517. The Labute approximate surface area is 201 Å². The number of carbonyl (C=O) groups is 2. The maximum Gasteiger partial charge on any atom is 0.342 e. The first kappa shape index (κ1) is 28.4. The van der Waals surface area contributed by atoms with Gasteiger partial charge in [0, 0.05) is 5.56 Å². The van der Waals surface area contributed by atoms with Crippen LogP contribution in [0.3, 0.4) is 0 Å². The Bertz CT molecular complexity index is 738. The standard InChI is InChI=1S/C24H36Cl2O6/c1-5-9-11-13-19(25)31-18-15-17(24(29)30-8-4)22(16(7-3)21(18)23(27)28)32-20(26)14-12-10-6-2/h15,19-20H,5-14H2,1-4H3,(H,27,28). The van der Waals surface area contributed by atoms with Crippen LogP contribution < -0.4 is 9.47 Å². The number of hydrogen-bond donors (Lipinski definition) is 1. The summed E-state index contributed by atoms with van der Waals surface area (Å²) in [5, 5.41) is 9.94. The van der Waals surface area contributed by atoms with Crippen LogP contribution in [0.4, 0.5) is 0 Å². The Balaban J connectivity index is 3.44. The number of carboxylic acids is 1. The molecule has 0 fully saturated rings. The SMILES string of the molecule is CCCCCC(Cl)Oc1cc(C(=O)OCC)c(OC(Cl)CCCCC)c(CC)c1C(=O)O. The van der Waals surface area contributed by atoms with Crippen LogP contribution in [-0.2, 0) is 11.2 Å². The van der Waals surface area contributed by atoms with Gasteiger partial charge < -0.3 is 19.3 Å². The highest BCUT2D eigenvalue weighted by Gasteiger charge is 2.29. The smallest absolute Gasteiger partial charge is 0.342 e. The zero-order valence-corrected chi connectivity index (χ0v) is 21.1. The van der Waals surface area contributed by atoms with Crippen LogP contribution >= 0.6 is 23.2 Å². The van der Waals surface area contributed by atoms with E-state index in [1.54, 1.807) is 13.8 Å². The van der Waals surface area contributed by atoms with E-state index in [9.17, 15) is 14.7 Å². The minimum Gasteiger partial charge on any atom is -0.478 e. The number of halogens is 2. The van der Waals surface area contributed by atoms with E-state index in [1.165, 1.54) is 6.07 Å². The van der Waals surface area contributed by atoms with Crippen LogP contribution in [0.5, 0.6) is 11.5 Å². The summed E-state index contributed by atoms with van der Waals surface area (Å²) in [6.07, 6.45) is 7.19. The average molecular weight is 491 g/mol. The number of ether oxygens (including phenoxy) is 3. The highest BCUT2D eigenvalue weighted by Crippen LogP contribution is 2.38. The number of rotatable bonds is 16. The second-order valence-corrected chi connectivity index (χ2v) is 8.51. The van der Waals surface area contributed by atoms with Gasteiger partial charge in [-0.05, 0) is 45.1 Å². The molecule has 1 rings (SSSR count). The molecule has 2 atom stereocenters. The van der Waals surface area contributed by atoms with Crippen molar-refractivity contribution in [3.8, 4) is 11.5 Å². The van der Waals surface area contributed by atoms with Crippen molar-refractivity contribution in [2.45, 2.75) is 96.6 Å². The lowest BCUT2D eigenvalue weighted by Gasteiger charge is -2.23. The predicted octanol–water partition coefficient (Wildman–Crippen LogP) is 7.17. The molecule has 32 heavy (non-hydrogen) atoms. The van der Waals surface area contributed by atoms with Crippen LogP contribution in [0.25, 0.3) is 0 Å². The van der Waals surface area contributed by atoms with E-state index >= 15 is 0 Å². The fourth-order valence-corrected chi connectivity index (χ4v) is 3.84. The monoisotopic (exact) mass is 490 g/mol. The van der Waals surface area contributed by atoms with E-state index in [4.69, 9.17) is 37.4 Å². The molecule has 0 radical (unpaired) electrons. The van der Waals surface area contributed by atoms with Crippen LogP contribution in [0.15, 0.2) is 6.07 Å². The summed E-state index contributed by atoms with van der Waals surface area (Å²) in [5.41, 5.74) is -1.09. The third kappa shape index (κ3) is 8.70. The van der Waals surface area contributed by atoms with Crippen molar-refractivity contribution in [1.29, 1.82) is 0 Å². The number of aromatic carboxylic acids is 1. The predicted molar refractivity (Wildman–Crippen MR) is 128 cm³/mol. The number of esters is 1. The Morgan fingerprint density at radius 1 is 0.938 bits per heavy atom. The van der Waals surface area contributed by atoms with E-state index < -0.39 is 23.1 Å². The topological polar surface area (TPSA) is 82.1 Å². The van der Waals surface area contributed by atoms with Gasteiger partial charge in [-0.2, -0.15) is 0 Å². The van der Waals surface area contributed by atoms with Crippen molar-refractivity contribution in [1.82, 2.24) is 0 Å². The summed E-state index contributed by atoms with van der Waals surface area (Å²) < 4.78 is 16.9. The van der Waals surface area contributed by atoms with E-state index in [2.05, 4.69) is 13.8 Å². The first-order valence-electron chi connectivity index (χ1n) is 11.5. The molecule has 0 aliphatic carbocycles. The van der Waals surface area contributed by atoms with Crippen LogP contribution in [0, 0.1) is 0 Å². The van der Waals surface area contributed by atoms with Gasteiger partial charge in [-0.1, -0.05) is 69.7 Å². The number of carbonyl (C=O) groups excluding carboxylic acids is 1. The van der Waals surface area contributed by atoms with Gasteiger partial charge in [0.1, 0.15) is 22.6 Å². The number of alkyl halides is 2.